The number of amides is 1. The minimum Gasteiger partial charge on any atom is -0.872 e. The minimum absolute atomic E-state index is 0.00211. The Balaban J connectivity index is 2.13. The van der Waals surface area contributed by atoms with E-state index in [4.69, 9.17) is 0 Å². The van der Waals surface area contributed by atoms with Gasteiger partial charge in [0.2, 0.25) is 5.78 Å². The highest BCUT2D eigenvalue weighted by Crippen LogP contribution is 2.38. The van der Waals surface area contributed by atoms with Gasteiger partial charge in [-0.3, -0.25) is 14.6 Å². The normalized spacial score (nSPS) is 19.1. The summed E-state index contributed by atoms with van der Waals surface area (Å²) in [5.74, 6) is -1.77. The highest BCUT2D eigenvalue weighted by atomic mass is 79.9. The molecule has 2 heterocycles. The second-order valence-electron chi connectivity index (χ2n) is 6.72. The first-order chi connectivity index (χ1) is 12.9. The van der Waals surface area contributed by atoms with Crippen LogP contribution in [0.2, 0.25) is 0 Å². The first kappa shape index (κ1) is 19.3. The van der Waals surface area contributed by atoms with E-state index in [0.717, 1.165) is 14.9 Å². The van der Waals surface area contributed by atoms with E-state index in [-0.39, 0.29) is 5.57 Å². The molecule has 3 rings (SSSR count). The maximum atomic E-state index is 13.1. The van der Waals surface area contributed by atoms with Crippen molar-refractivity contribution < 1.29 is 19.6 Å². The number of benzene rings is 1. The number of rotatable bonds is 5. The van der Waals surface area contributed by atoms with Crippen LogP contribution >= 0.6 is 15.9 Å². The van der Waals surface area contributed by atoms with E-state index >= 15 is 0 Å². The van der Waals surface area contributed by atoms with Crippen molar-refractivity contribution in [1.29, 1.82) is 0 Å². The molecule has 0 bridgehead atoms. The smallest absolute Gasteiger partial charge is 0.295 e. The molecule has 0 spiro atoms. The van der Waals surface area contributed by atoms with E-state index in [9.17, 15) is 14.7 Å². The minimum atomic E-state index is -0.724. The molecule has 1 N–H and O–H groups in total. The number of hydrogen-bond acceptors (Lipinski definition) is 4. The number of carbonyl (C=O) groups is 2. The Kier molecular flexibility index (Phi) is 5.72. The lowest BCUT2D eigenvalue weighted by molar-refractivity contribution is -0.857. The lowest BCUT2D eigenvalue weighted by atomic mass is 9.95. The van der Waals surface area contributed by atoms with Crippen LogP contribution in [0.15, 0.2) is 58.8 Å². The van der Waals surface area contributed by atoms with Crippen LogP contribution in [0.25, 0.3) is 5.76 Å². The predicted molar refractivity (Wildman–Crippen MR) is 102 cm³/mol. The molecule has 1 aromatic carbocycles. The van der Waals surface area contributed by atoms with E-state index in [1.807, 2.05) is 38.4 Å². The molecule has 1 unspecified atom stereocenters. The molecular formula is C20H20BrN3O3. The zero-order valence-electron chi connectivity index (χ0n) is 15.1. The van der Waals surface area contributed by atoms with Crippen LogP contribution in [-0.4, -0.2) is 48.8 Å². The Labute approximate surface area is 166 Å². The summed E-state index contributed by atoms with van der Waals surface area (Å²) in [5.41, 5.74) is 1.09. The molecule has 0 radical (unpaired) electrons. The van der Waals surface area contributed by atoms with Crippen molar-refractivity contribution in [2.45, 2.75) is 6.04 Å². The van der Waals surface area contributed by atoms with Crippen LogP contribution in [0.4, 0.5) is 0 Å². The number of nitrogens with zero attached hydrogens (tertiary/aromatic N) is 2. The number of halogens is 1. The number of aromatic nitrogens is 1. The molecule has 27 heavy (non-hydrogen) atoms. The number of nitrogens with one attached hydrogen (secondary N) is 1. The van der Waals surface area contributed by atoms with Gasteiger partial charge in [0.25, 0.3) is 5.91 Å². The van der Waals surface area contributed by atoms with Crippen molar-refractivity contribution in [3.8, 4) is 0 Å². The first-order valence-corrected chi connectivity index (χ1v) is 9.41. The molecule has 6 nitrogen and oxygen atoms in total. The van der Waals surface area contributed by atoms with Crippen molar-refractivity contribution in [3.05, 3.63) is 70.0 Å². The van der Waals surface area contributed by atoms with Crippen LogP contribution in [-0.2, 0) is 9.59 Å². The molecule has 1 aliphatic rings. The molecule has 0 saturated carbocycles. The lowest BCUT2D eigenvalue weighted by Gasteiger charge is -2.27. The highest BCUT2D eigenvalue weighted by molar-refractivity contribution is 9.10. The predicted octanol–water partition coefficient (Wildman–Crippen LogP) is 0.213. The number of likely N-dealkylation sites (N-methyl/N-ethyl adjacent to an activating group) is 1. The second kappa shape index (κ2) is 8.02. The Bertz CT molecular complexity index is 879. The van der Waals surface area contributed by atoms with E-state index < -0.39 is 23.5 Å². The molecule has 1 aliphatic heterocycles. The van der Waals surface area contributed by atoms with Crippen molar-refractivity contribution in [1.82, 2.24) is 9.88 Å². The third-order valence-corrected chi connectivity index (χ3v) is 5.04. The third-order valence-electron chi connectivity index (χ3n) is 4.51. The van der Waals surface area contributed by atoms with Gasteiger partial charge in [0.05, 0.1) is 33.2 Å². The van der Waals surface area contributed by atoms with Gasteiger partial charge < -0.3 is 14.9 Å². The van der Waals surface area contributed by atoms with Crippen molar-refractivity contribution in [3.63, 3.8) is 0 Å². The van der Waals surface area contributed by atoms with Crippen LogP contribution in [0.1, 0.15) is 17.2 Å². The highest BCUT2D eigenvalue weighted by Gasteiger charge is 2.44. The quantitative estimate of drug-likeness (QED) is 0.418. The molecule has 1 fully saturated rings. The molecule has 2 aromatic rings. The average molecular weight is 430 g/mol. The summed E-state index contributed by atoms with van der Waals surface area (Å²) in [6.45, 7) is 1.06. The number of carbonyl (C=O) groups excluding carboxylic acids is 2. The zero-order valence-corrected chi connectivity index (χ0v) is 16.7. The SMILES string of the molecule is C[NH+](C)CCN1C(=O)C(=O)C(=C([O-])c2ccncc2)C1c1ccc(Br)cc1. The Hall–Kier alpha value is -2.51. The molecule has 140 valence electrons. The van der Waals surface area contributed by atoms with Gasteiger partial charge in [-0.15, -0.1) is 0 Å². The number of quaternary nitrogens is 1. The summed E-state index contributed by atoms with van der Waals surface area (Å²) in [5, 5.41) is 13.1. The summed E-state index contributed by atoms with van der Waals surface area (Å²) in [4.78, 5) is 32.0. The number of likely N-dealkylation sites (tertiary alicyclic amines) is 1. The monoisotopic (exact) mass is 429 g/mol. The molecule has 1 aromatic heterocycles. The van der Waals surface area contributed by atoms with Gasteiger partial charge in [-0.05, 0) is 35.4 Å². The molecule has 1 amide bonds. The summed E-state index contributed by atoms with van der Waals surface area (Å²) in [7, 11) is 3.95. The fraction of sp³-hybridized carbons (Fsp3) is 0.250. The largest absolute Gasteiger partial charge is 0.872 e. The topological polar surface area (TPSA) is 77.8 Å². The summed E-state index contributed by atoms with van der Waals surface area (Å²) in [6.07, 6.45) is 2.99. The third kappa shape index (κ3) is 3.94. The van der Waals surface area contributed by atoms with Gasteiger partial charge >= 0.3 is 0 Å². The number of pyridine rings is 1. The summed E-state index contributed by atoms with van der Waals surface area (Å²) in [6, 6.07) is 9.76. The molecule has 1 atom stereocenters. The lowest BCUT2D eigenvalue weighted by Crippen LogP contribution is -3.06. The van der Waals surface area contributed by atoms with Crippen LogP contribution in [0, 0.1) is 0 Å². The van der Waals surface area contributed by atoms with Gasteiger partial charge in [0.1, 0.15) is 0 Å². The summed E-state index contributed by atoms with van der Waals surface area (Å²) >= 11 is 3.39. The van der Waals surface area contributed by atoms with Crippen LogP contribution in [0.3, 0.4) is 0 Å². The number of ketones is 1. The standard InChI is InChI=1S/C20H20BrN3O3/c1-23(2)11-12-24-17(13-3-5-15(21)6-4-13)16(19(26)20(24)27)18(25)14-7-9-22-10-8-14/h3-10,17,25H,11-12H2,1-2H3. The van der Waals surface area contributed by atoms with E-state index in [2.05, 4.69) is 20.9 Å². The van der Waals surface area contributed by atoms with Crippen molar-refractivity contribution in [2.24, 2.45) is 0 Å². The maximum absolute atomic E-state index is 13.1. The van der Waals surface area contributed by atoms with Crippen LogP contribution in [0.5, 0.6) is 0 Å². The van der Waals surface area contributed by atoms with Gasteiger partial charge in [-0.25, -0.2) is 0 Å². The van der Waals surface area contributed by atoms with E-state index in [1.54, 1.807) is 12.1 Å². The van der Waals surface area contributed by atoms with Gasteiger partial charge in [0.15, 0.2) is 0 Å². The molecule has 0 aliphatic carbocycles. The van der Waals surface area contributed by atoms with Gasteiger partial charge in [-0.1, -0.05) is 33.8 Å². The van der Waals surface area contributed by atoms with Crippen LogP contribution < -0.4 is 10.0 Å². The maximum Gasteiger partial charge on any atom is 0.295 e. The van der Waals surface area contributed by atoms with Crippen molar-refractivity contribution >= 4 is 33.4 Å². The van der Waals surface area contributed by atoms with Crippen molar-refractivity contribution in [2.75, 3.05) is 27.2 Å². The Morgan fingerprint density at radius 2 is 1.78 bits per heavy atom. The van der Waals surface area contributed by atoms with E-state index in [0.29, 0.717) is 18.7 Å². The fourth-order valence-corrected chi connectivity index (χ4v) is 3.36. The Morgan fingerprint density at radius 1 is 1.15 bits per heavy atom. The zero-order chi connectivity index (χ0) is 19.6. The van der Waals surface area contributed by atoms with Gasteiger partial charge in [-0.2, -0.15) is 0 Å². The number of hydrogen-bond donors (Lipinski definition) is 1. The number of Topliss-reactive ketones (excluding diaryl/α,β-unsaturated/α-hetero) is 1. The molecular weight excluding hydrogens is 410 g/mol. The molecule has 1 saturated heterocycles. The van der Waals surface area contributed by atoms with Gasteiger partial charge in [0, 0.05) is 22.4 Å². The first-order valence-electron chi connectivity index (χ1n) is 8.61. The second-order valence-corrected chi connectivity index (χ2v) is 7.63. The van der Waals surface area contributed by atoms with E-state index in [1.165, 1.54) is 17.3 Å². The summed E-state index contributed by atoms with van der Waals surface area (Å²) < 4.78 is 0.883. The average Bonchev–Trinajstić information content (AvgIpc) is 2.91. The Morgan fingerprint density at radius 3 is 2.37 bits per heavy atom. The molecule has 7 heteroatoms. The fourth-order valence-electron chi connectivity index (χ4n) is 3.10.